The highest BCUT2D eigenvalue weighted by molar-refractivity contribution is 6.23. The van der Waals surface area contributed by atoms with Gasteiger partial charge < -0.3 is 4.42 Å². The molecule has 10 aromatic carbocycles. The molecule has 0 saturated carbocycles. The Morgan fingerprint density at radius 1 is 0.288 bits per heavy atom. The molecular formula is C55H33N3O. The van der Waals surface area contributed by atoms with Crippen LogP contribution in [0, 0.1) is 0 Å². The molecule has 0 N–H and O–H groups in total. The van der Waals surface area contributed by atoms with Gasteiger partial charge in [-0.2, -0.15) is 0 Å². The molecule has 4 heteroatoms. The van der Waals surface area contributed by atoms with Crippen LogP contribution in [0.5, 0.6) is 0 Å². The zero-order valence-corrected chi connectivity index (χ0v) is 31.8. The third kappa shape index (κ3) is 5.49. The molecule has 4 nitrogen and oxygen atoms in total. The Kier molecular flexibility index (Phi) is 7.50. The molecule has 0 spiro atoms. The second-order valence-electron chi connectivity index (χ2n) is 15.1. The molecule has 0 saturated heterocycles. The van der Waals surface area contributed by atoms with Gasteiger partial charge in [0.1, 0.15) is 11.2 Å². The lowest BCUT2D eigenvalue weighted by Gasteiger charge is -2.14. The number of hydrogen-bond acceptors (Lipinski definition) is 4. The van der Waals surface area contributed by atoms with E-state index in [9.17, 15) is 0 Å². The number of furan rings is 1. The van der Waals surface area contributed by atoms with Crippen LogP contribution in [0.1, 0.15) is 0 Å². The Balaban J connectivity index is 1.08. The second-order valence-corrected chi connectivity index (χ2v) is 15.1. The highest BCUT2D eigenvalue weighted by atomic mass is 16.3. The first-order valence-electron chi connectivity index (χ1n) is 19.9. The van der Waals surface area contributed by atoms with E-state index in [0.717, 1.165) is 76.7 Å². The van der Waals surface area contributed by atoms with E-state index in [2.05, 4.69) is 200 Å². The van der Waals surface area contributed by atoms with Crippen molar-refractivity contribution in [1.82, 2.24) is 15.0 Å². The van der Waals surface area contributed by atoms with E-state index in [1.54, 1.807) is 0 Å². The predicted octanol–water partition coefficient (Wildman–Crippen LogP) is 14.7. The minimum Gasteiger partial charge on any atom is -0.455 e. The van der Waals surface area contributed by atoms with Crippen LogP contribution in [0.4, 0.5) is 0 Å². The van der Waals surface area contributed by atoms with E-state index in [1.807, 2.05) is 0 Å². The number of fused-ring (bicyclic) bond motifs is 8. The molecule has 59 heavy (non-hydrogen) atoms. The summed E-state index contributed by atoms with van der Waals surface area (Å²) in [5.74, 6) is 1.89. The molecule has 12 aromatic rings. The molecule has 274 valence electrons. The lowest BCUT2D eigenvalue weighted by Crippen LogP contribution is -2.01. The van der Waals surface area contributed by atoms with Gasteiger partial charge in [0.05, 0.1) is 0 Å². The van der Waals surface area contributed by atoms with Gasteiger partial charge >= 0.3 is 0 Å². The average Bonchev–Trinajstić information content (AvgIpc) is 3.70. The molecule has 0 fully saturated rings. The smallest absolute Gasteiger partial charge is 0.164 e. The fourth-order valence-corrected chi connectivity index (χ4v) is 8.87. The maximum atomic E-state index is 6.76. The highest BCUT2D eigenvalue weighted by Crippen LogP contribution is 2.45. The second kappa shape index (κ2) is 13.3. The van der Waals surface area contributed by atoms with Gasteiger partial charge in [-0.3, -0.25) is 0 Å². The van der Waals surface area contributed by atoms with Crippen LogP contribution >= 0.6 is 0 Å². The lowest BCUT2D eigenvalue weighted by molar-refractivity contribution is 0.673. The number of hydrogen-bond donors (Lipinski definition) is 0. The van der Waals surface area contributed by atoms with E-state index in [-0.39, 0.29) is 0 Å². The summed E-state index contributed by atoms with van der Waals surface area (Å²) in [7, 11) is 0. The topological polar surface area (TPSA) is 51.8 Å². The SMILES string of the molecule is c1ccc(-c2cc3c(oc4cccc(-c5ccc(-c6nc(-c7ccc8ccccc8c7)nc(-c7ccc8ccccc8c7)n6)c6ccccc56)c43)c3ccccc23)cc1. The summed E-state index contributed by atoms with van der Waals surface area (Å²) in [6.07, 6.45) is 0. The van der Waals surface area contributed by atoms with E-state index >= 15 is 0 Å². The molecular weight excluding hydrogens is 719 g/mol. The highest BCUT2D eigenvalue weighted by Gasteiger charge is 2.21. The zero-order valence-electron chi connectivity index (χ0n) is 31.8. The quantitative estimate of drug-likeness (QED) is 0.176. The summed E-state index contributed by atoms with van der Waals surface area (Å²) in [6, 6.07) is 70.5. The molecule has 0 radical (unpaired) electrons. The van der Waals surface area contributed by atoms with Crippen molar-refractivity contribution in [2.75, 3.05) is 0 Å². The van der Waals surface area contributed by atoms with Crippen LogP contribution in [0.3, 0.4) is 0 Å². The lowest BCUT2D eigenvalue weighted by atomic mass is 9.90. The van der Waals surface area contributed by atoms with Gasteiger partial charge in [-0.1, -0.05) is 170 Å². The maximum Gasteiger partial charge on any atom is 0.164 e. The van der Waals surface area contributed by atoms with Crippen LogP contribution in [-0.4, -0.2) is 15.0 Å². The Bertz CT molecular complexity index is 3530. The first-order valence-corrected chi connectivity index (χ1v) is 19.9. The van der Waals surface area contributed by atoms with Crippen molar-refractivity contribution in [3.63, 3.8) is 0 Å². The van der Waals surface area contributed by atoms with E-state index in [0.29, 0.717) is 17.5 Å². The molecule has 0 amide bonds. The summed E-state index contributed by atoms with van der Waals surface area (Å²) < 4.78 is 6.76. The Labute approximate surface area is 339 Å². The van der Waals surface area contributed by atoms with Crippen molar-refractivity contribution in [3.8, 4) is 56.4 Å². The third-order valence-corrected chi connectivity index (χ3v) is 11.7. The third-order valence-electron chi connectivity index (χ3n) is 11.7. The van der Waals surface area contributed by atoms with E-state index in [4.69, 9.17) is 19.4 Å². The van der Waals surface area contributed by atoms with Gasteiger partial charge in [-0.15, -0.1) is 0 Å². The van der Waals surface area contributed by atoms with Gasteiger partial charge in [0.2, 0.25) is 0 Å². The summed E-state index contributed by atoms with van der Waals surface area (Å²) in [6.45, 7) is 0. The van der Waals surface area contributed by atoms with Gasteiger partial charge in [0.15, 0.2) is 17.5 Å². The van der Waals surface area contributed by atoms with Gasteiger partial charge in [-0.05, 0) is 90.3 Å². The number of benzene rings is 10. The maximum absolute atomic E-state index is 6.76. The van der Waals surface area contributed by atoms with Crippen LogP contribution in [0.2, 0.25) is 0 Å². The molecule has 0 aliphatic heterocycles. The van der Waals surface area contributed by atoms with Gasteiger partial charge in [0.25, 0.3) is 0 Å². The van der Waals surface area contributed by atoms with Crippen molar-refractivity contribution in [2.45, 2.75) is 0 Å². The average molecular weight is 752 g/mol. The number of nitrogens with zero attached hydrogens (tertiary/aromatic N) is 3. The molecule has 2 aromatic heterocycles. The first kappa shape index (κ1) is 33.2. The summed E-state index contributed by atoms with van der Waals surface area (Å²) in [5.41, 5.74) is 9.18. The van der Waals surface area contributed by atoms with Gasteiger partial charge in [-0.25, -0.2) is 15.0 Å². The molecule has 0 aliphatic carbocycles. The van der Waals surface area contributed by atoms with Crippen LogP contribution < -0.4 is 0 Å². The van der Waals surface area contributed by atoms with E-state index < -0.39 is 0 Å². The van der Waals surface area contributed by atoms with Crippen molar-refractivity contribution >= 4 is 65.0 Å². The van der Waals surface area contributed by atoms with Crippen molar-refractivity contribution in [3.05, 3.63) is 200 Å². The number of rotatable bonds is 5. The first-order chi connectivity index (χ1) is 29.2. The summed E-state index contributed by atoms with van der Waals surface area (Å²) in [5, 5.41) is 11.3. The largest absolute Gasteiger partial charge is 0.455 e. The molecule has 12 rings (SSSR count). The van der Waals surface area contributed by atoms with Crippen molar-refractivity contribution < 1.29 is 4.42 Å². The van der Waals surface area contributed by atoms with Crippen LogP contribution in [-0.2, 0) is 0 Å². The fourth-order valence-electron chi connectivity index (χ4n) is 8.87. The zero-order chi connectivity index (χ0) is 38.9. The Morgan fingerprint density at radius 2 is 0.814 bits per heavy atom. The Morgan fingerprint density at radius 3 is 1.47 bits per heavy atom. The normalized spacial score (nSPS) is 11.7. The predicted molar refractivity (Wildman–Crippen MR) is 244 cm³/mol. The molecule has 0 atom stereocenters. The molecule has 0 aliphatic rings. The molecule has 0 unspecified atom stereocenters. The fraction of sp³-hybridized carbons (Fsp3) is 0. The van der Waals surface area contributed by atoms with Gasteiger partial charge in [0, 0.05) is 32.8 Å². The van der Waals surface area contributed by atoms with Crippen LogP contribution in [0.15, 0.2) is 205 Å². The standard InChI is InChI=1S/C55H33N3O/c1-2-15-36(16-3-1)48-33-49-51-45(23-12-24-50(51)59-52(49)46-22-11-10-21-43(46)48)44-29-30-47(42-20-9-8-19-41(42)44)55-57-53(39-27-25-34-13-4-6-17-37(34)31-39)56-54(58-55)40-28-26-35-14-5-7-18-38(35)32-40/h1-33H. The number of aromatic nitrogens is 3. The molecule has 0 bridgehead atoms. The summed E-state index contributed by atoms with van der Waals surface area (Å²) in [4.78, 5) is 15.6. The van der Waals surface area contributed by atoms with Crippen molar-refractivity contribution in [2.24, 2.45) is 0 Å². The van der Waals surface area contributed by atoms with E-state index in [1.165, 1.54) is 27.3 Å². The Hall–Kier alpha value is -7.95. The monoisotopic (exact) mass is 751 g/mol. The minimum atomic E-state index is 0.625. The van der Waals surface area contributed by atoms with Crippen LogP contribution in [0.25, 0.3) is 121 Å². The summed E-state index contributed by atoms with van der Waals surface area (Å²) >= 11 is 0. The van der Waals surface area contributed by atoms with Crippen molar-refractivity contribution in [1.29, 1.82) is 0 Å². The molecule has 2 heterocycles. The minimum absolute atomic E-state index is 0.625.